The van der Waals surface area contributed by atoms with E-state index in [1.165, 1.54) is 30.2 Å². The number of aromatic nitrogens is 2. The van der Waals surface area contributed by atoms with Gasteiger partial charge >= 0.3 is 0 Å². The van der Waals surface area contributed by atoms with E-state index in [0.717, 1.165) is 28.7 Å². The molecule has 0 aliphatic rings. The summed E-state index contributed by atoms with van der Waals surface area (Å²) in [5, 5.41) is 8.58. The standard InChI is InChI=1S/C22H24N2O2S/c1-4-5-6-17-7-9-18(10-8-17)20(25)14-27-22-24-23-21(26-22)19-12-15(2)11-16(3)13-19/h7-13H,4-6,14H2,1-3H3. The first-order valence-electron chi connectivity index (χ1n) is 9.22. The van der Waals surface area contributed by atoms with E-state index in [1.54, 1.807) is 0 Å². The molecule has 140 valence electrons. The SMILES string of the molecule is CCCCc1ccc(C(=O)CSc2nnc(-c3cc(C)cc(C)c3)o2)cc1. The molecular weight excluding hydrogens is 356 g/mol. The van der Waals surface area contributed by atoms with Gasteiger partial charge in [-0.1, -0.05) is 66.6 Å². The Morgan fingerprint density at radius 3 is 2.41 bits per heavy atom. The predicted octanol–water partition coefficient (Wildman–Crippen LogP) is 5.67. The van der Waals surface area contributed by atoms with Gasteiger partial charge in [0.2, 0.25) is 5.89 Å². The largest absolute Gasteiger partial charge is 0.411 e. The summed E-state index contributed by atoms with van der Waals surface area (Å²) in [5.74, 6) is 0.827. The van der Waals surface area contributed by atoms with E-state index >= 15 is 0 Å². The fourth-order valence-corrected chi connectivity index (χ4v) is 3.59. The van der Waals surface area contributed by atoms with Crippen LogP contribution >= 0.6 is 11.8 Å². The number of carbonyl (C=O) groups is 1. The number of hydrogen-bond donors (Lipinski definition) is 0. The van der Waals surface area contributed by atoms with Crippen molar-refractivity contribution in [3.05, 3.63) is 64.7 Å². The van der Waals surface area contributed by atoms with Crippen molar-refractivity contribution in [1.29, 1.82) is 0 Å². The van der Waals surface area contributed by atoms with Gasteiger partial charge in [-0.2, -0.15) is 0 Å². The topological polar surface area (TPSA) is 56.0 Å². The van der Waals surface area contributed by atoms with Gasteiger partial charge in [0.15, 0.2) is 5.78 Å². The number of nitrogens with zero attached hydrogens (tertiary/aromatic N) is 2. The molecular formula is C22H24N2O2S. The summed E-state index contributed by atoms with van der Waals surface area (Å²) >= 11 is 1.28. The van der Waals surface area contributed by atoms with Gasteiger partial charge in [0.05, 0.1) is 5.75 Å². The van der Waals surface area contributed by atoms with Crippen LogP contribution in [0.15, 0.2) is 52.1 Å². The second kappa shape index (κ2) is 9.00. The Balaban J connectivity index is 1.60. The molecule has 2 aromatic carbocycles. The minimum absolute atomic E-state index is 0.0631. The van der Waals surface area contributed by atoms with Gasteiger partial charge in [0, 0.05) is 11.1 Å². The van der Waals surface area contributed by atoms with Crippen molar-refractivity contribution in [3.63, 3.8) is 0 Å². The number of hydrogen-bond acceptors (Lipinski definition) is 5. The molecule has 0 amide bonds. The maximum atomic E-state index is 12.4. The smallest absolute Gasteiger partial charge is 0.277 e. The first-order chi connectivity index (χ1) is 13.0. The molecule has 0 saturated carbocycles. The molecule has 5 heteroatoms. The number of Topliss-reactive ketones (excluding diaryl/α,β-unsaturated/α-hetero) is 1. The second-order valence-corrected chi connectivity index (χ2v) is 7.69. The van der Waals surface area contributed by atoms with Crippen LogP contribution in [0.1, 0.15) is 46.8 Å². The predicted molar refractivity (Wildman–Crippen MR) is 109 cm³/mol. The summed E-state index contributed by atoms with van der Waals surface area (Å²) in [6.45, 7) is 6.25. The normalized spacial score (nSPS) is 10.9. The molecule has 0 unspecified atom stereocenters. The zero-order chi connectivity index (χ0) is 19.2. The number of thioether (sulfide) groups is 1. The summed E-state index contributed by atoms with van der Waals surface area (Å²) < 4.78 is 5.72. The zero-order valence-corrected chi connectivity index (χ0v) is 16.8. The highest BCUT2D eigenvalue weighted by molar-refractivity contribution is 7.99. The quantitative estimate of drug-likeness (QED) is 0.372. The maximum absolute atomic E-state index is 12.4. The lowest BCUT2D eigenvalue weighted by Gasteiger charge is -2.02. The number of carbonyl (C=O) groups excluding carboxylic acids is 1. The van der Waals surface area contributed by atoms with Crippen LogP contribution in [0.2, 0.25) is 0 Å². The van der Waals surface area contributed by atoms with Gasteiger partial charge in [-0.3, -0.25) is 4.79 Å². The van der Waals surface area contributed by atoms with Gasteiger partial charge in [-0.25, -0.2) is 0 Å². The van der Waals surface area contributed by atoms with Gasteiger partial charge in [-0.15, -0.1) is 10.2 Å². The molecule has 0 aliphatic heterocycles. The molecule has 1 heterocycles. The fraction of sp³-hybridized carbons (Fsp3) is 0.318. The van der Waals surface area contributed by atoms with Crippen molar-refractivity contribution >= 4 is 17.5 Å². The summed E-state index contributed by atoms with van der Waals surface area (Å²) in [5.41, 5.74) is 5.19. The highest BCUT2D eigenvalue weighted by atomic mass is 32.2. The van der Waals surface area contributed by atoms with Crippen LogP contribution in [0.5, 0.6) is 0 Å². The van der Waals surface area contributed by atoms with Crippen LogP contribution in [0.25, 0.3) is 11.5 Å². The van der Waals surface area contributed by atoms with Crippen LogP contribution in [0.4, 0.5) is 0 Å². The molecule has 4 nitrogen and oxygen atoms in total. The van der Waals surface area contributed by atoms with E-state index in [9.17, 15) is 4.79 Å². The van der Waals surface area contributed by atoms with Crippen LogP contribution in [-0.2, 0) is 6.42 Å². The van der Waals surface area contributed by atoms with E-state index in [1.807, 2.05) is 50.2 Å². The molecule has 3 rings (SSSR count). The van der Waals surface area contributed by atoms with Gasteiger partial charge in [0.1, 0.15) is 0 Å². The number of aryl methyl sites for hydroxylation is 3. The second-order valence-electron chi connectivity index (χ2n) is 6.76. The number of benzene rings is 2. The van der Waals surface area contributed by atoms with E-state index in [4.69, 9.17) is 4.42 Å². The maximum Gasteiger partial charge on any atom is 0.277 e. The average Bonchev–Trinajstić information content (AvgIpc) is 3.13. The molecule has 3 aromatic rings. The summed E-state index contributed by atoms with van der Waals surface area (Å²) in [6.07, 6.45) is 3.40. The van der Waals surface area contributed by atoms with Crippen LogP contribution in [0, 0.1) is 13.8 Å². The first-order valence-corrected chi connectivity index (χ1v) is 10.2. The average molecular weight is 381 g/mol. The zero-order valence-electron chi connectivity index (χ0n) is 16.0. The van der Waals surface area contributed by atoms with E-state index in [-0.39, 0.29) is 11.5 Å². The Morgan fingerprint density at radius 1 is 1.04 bits per heavy atom. The monoisotopic (exact) mass is 380 g/mol. The molecule has 0 radical (unpaired) electrons. The van der Waals surface area contributed by atoms with Crippen molar-refractivity contribution in [1.82, 2.24) is 10.2 Å². The Kier molecular flexibility index (Phi) is 6.45. The van der Waals surface area contributed by atoms with Crippen LogP contribution < -0.4 is 0 Å². The minimum Gasteiger partial charge on any atom is -0.411 e. The molecule has 0 aliphatic carbocycles. The molecule has 0 spiro atoms. The van der Waals surface area contributed by atoms with Crippen molar-refractivity contribution in [3.8, 4) is 11.5 Å². The van der Waals surface area contributed by atoms with E-state index < -0.39 is 0 Å². The van der Waals surface area contributed by atoms with Crippen molar-refractivity contribution < 1.29 is 9.21 Å². The number of unbranched alkanes of at least 4 members (excludes halogenated alkanes) is 1. The third kappa shape index (κ3) is 5.30. The lowest BCUT2D eigenvalue weighted by Crippen LogP contribution is -2.02. The molecule has 0 bridgehead atoms. The highest BCUT2D eigenvalue weighted by Crippen LogP contribution is 2.25. The fourth-order valence-electron chi connectivity index (χ4n) is 2.93. The van der Waals surface area contributed by atoms with Gasteiger partial charge in [0.25, 0.3) is 5.22 Å². The molecule has 0 atom stereocenters. The van der Waals surface area contributed by atoms with Crippen molar-refractivity contribution in [2.45, 2.75) is 45.3 Å². The lowest BCUT2D eigenvalue weighted by molar-refractivity contribution is 0.102. The molecule has 0 fully saturated rings. The molecule has 1 aromatic heterocycles. The summed E-state index contributed by atoms with van der Waals surface area (Å²) in [6, 6.07) is 14.0. The van der Waals surface area contributed by atoms with E-state index in [2.05, 4.69) is 23.2 Å². The third-order valence-electron chi connectivity index (χ3n) is 4.30. The molecule has 27 heavy (non-hydrogen) atoms. The highest BCUT2D eigenvalue weighted by Gasteiger charge is 2.13. The van der Waals surface area contributed by atoms with Gasteiger partial charge in [-0.05, 0) is 44.4 Å². The van der Waals surface area contributed by atoms with Crippen molar-refractivity contribution in [2.75, 3.05) is 5.75 Å². The number of ketones is 1. The summed E-state index contributed by atoms with van der Waals surface area (Å²) in [4.78, 5) is 12.4. The first kappa shape index (κ1) is 19.4. The molecule has 0 saturated heterocycles. The van der Waals surface area contributed by atoms with Crippen molar-refractivity contribution in [2.24, 2.45) is 0 Å². The summed E-state index contributed by atoms with van der Waals surface area (Å²) in [7, 11) is 0. The minimum atomic E-state index is 0.0631. The Bertz CT molecular complexity index is 896. The number of rotatable bonds is 8. The van der Waals surface area contributed by atoms with Crippen LogP contribution in [0.3, 0.4) is 0 Å². The Morgan fingerprint density at radius 2 is 1.74 bits per heavy atom. The molecule has 0 N–H and O–H groups in total. The Hall–Kier alpha value is -2.40. The van der Waals surface area contributed by atoms with Gasteiger partial charge < -0.3 is 4.42 Å². The Labute approximate surface area is 164 Å². The van der Waals surface area contributed by atoms with Crippen LogP contribution in [-0.4, -0.2) is 21.7 Å². The lowest BCUT2D eigenvalue weighted by atomic mass is 10.1. The van der Waals surface area contributed by atoms with E-state index in [0.29, 0.717) is 11.1 Å². The third-order valence-corrected chi connectivity index (χ3v) is 5.12.